The van der Waals surface area contributed by atoms with Crippen LogP contribution in [0.15, 0.2) is 45.8 Å². The lowest BCUT2D eigenvalue weighted by molar-refractivity contribution is 0.0791. The van der Waals surface area contributed by atoms with Crippen LogP contribution in [0.1, 0.15) is 39.3 Å². The van der Waals surface area contributed by atoms with Crippen molar-refractivity contribution < 1.29 is 14.1 Å². The van der Waals surface area contributed by atoms with E-state index in [0.29, 0.717) is 29.2 Å². The van der Waals surface area contributed by atoms with Crippen molar-refractivity contribution in [3.63, 3.8) is 0 Å². The van der Waals surface area contributed by atoms with Crippen LogP contribution < -0.4 is 10.9 Å². The summed E-state index contributed by atoms with van der Waals surface area (Å²) in [4.78, 5) is 40.2. The second kappa shape index (κ2) is 8.39. The summed E-state index contributed by atoms with van der Waals surface area (Å²) in [7, 11) is 1.54. The number of carbonyl (C=O) groups excluding carboxylic acids is 2. The minimum absolute atomic E-state index is 0.00301. The average molecular weight is 441 g/mol. The second-order valence-electron chi connectivity index (χ2n) is 7.45. The highest BCUT2D eigenvalue weighted by atomic mass is 35.5. The third kappa shape index (κ3) is 3.98. The van der Waals surface area contributed by atoms with Crippen molar-refractivity contribution in [2.45, 2.75) is 19.8 Å². The number of amides is 2. The van der Waals surface area contributed by atoms with E-state index in [-0.39, 0.29) is 28.6 Å². The SMILES string of the molecule is Cc1onc(-c2ccccc2Cl)c1C(=O)Nc1cc(C(=O)N2CCCC2)cn(C)c1=O. The standard InChI is InChI=1S/C22H21ClN4O4/c1-13-18(19(25-31-13)15-7-3-4-8-16(15)23)20(28)24-17-11-14(12-26(2)22(17)30)21(29)27-9-5-6-10-27/h3-4,7-8,11-12H,5-6,9-10H2,1-2H3,(H,24,28). The molecule has 160 valence electrons. The molecule has 0 radical (unpaired) electrons. The minimum Gasteiger partial charge on any atom is -0.360 e. The zero-order chi connectivity index (χ0) is 22.1. The molecule has 0 aliphatic carbocycles. The first-order valence-electron chi connectivity index (χ1n) is 9.89. The predicted octanol–water partition coefficient (Wildman–Crippen LogP) is 3.49. The monoisotopic (exact) mass is 440 g/mol. The van der Waals surface area contributed by atoms with Crippen molar-refractivity contribution in [1.82, 2.24) is 14.6 Å². The van der Waals surface area contributed by atoms with E-state index >= 15 is 0 Å². The Kier molecular flexibility index (Phi) is 5.65. The lowest BCUT2D eigenvalue weighted by Crippen LogP contribution is -2.31. The Morgan fingerprint density at radius 2 is 1.90 bits per heavy atom. The fraction of sp³-hybridized carbons (Fsp3) is 0.273. The molecule has 0 bridgehead atoms. The number of aromatic nitrogens is 2. The van der Waals surface area contributed by atoms with Gasteiger partial charge in [0.2, 0.25) is 0 Å². The van der Waals surface area contributed by atoms with Crippen molar-refractivity contribution in [3.05, 3.63) is 68.8 Å². The zero-order valence-electron chi connectivity index (χ0n) is 17.1. The molecule has 1 N–H and O–H groups in total. The molecule has 31 heavy (non-hydrogen) atoms. The predicted molar refractivity (Wildman–Crippen MR) is 116 cm³/mol. The van der Waals surface area contributed by atoms with Crippen LogP contribution in [0.4, 0.5) is 5.69 Å². The number of likely N-dealkylation sites (tertiary alicyclic amines) is 1. The maximum atomic E-state index is 13.1. The summed E-state index contributed by atoms with van der Waals surface area (Å²) in [5.74, 6) is -0.452. The maximum Gasteiger partial charge on any atom is 0.274 e. The van der Waals surface area contributed by atoms with Crippen molar-refractivity contribution in [3.8, 4) is 11.3 Å². The van der Waals surface area contributed by atoms with Crippen molar-refractivity contribution in [2.75, 3.05) is 18.4 Å². The molecule has 3 heterocycles. The Hall–Kier alpha value is -3.39. The van der Waals surface area contributed by atoms with Crippen LogP contribution in [0.3, 0.4) is 0 Å². The van der Waals surface area contributed by atoms with Crippen LogP contribution in [0.2, 0.25) is 5.02 Å². The Morgan fingerprint density at radius 3 is 2.61 bits per heavy atom. The smallest absolute Gasteiger partial charge is 0.274 e. The van der Waals surface area contributed by atoms with E-state index in [9.17, 15) is 14.4 Å². The molecule has 0 saturated carbocycles. The molecular weight excluding hydrogens is 420 g/mol. The molecule has 1 aromatic carbocycles. The Morgan fingerprint density at radius 1 is 1.19 bits per heavy atom. The fourth-order valence-electron chi connectivity index (χ4n) is 3.68. The normalized spacial score (nSPS) is 13.5. The van der Waals surface area contributed by atoms with Gasteiger partial charge in [0.1, 0.15) is 22.7 Å². The number of benzene rings is 1. The summed E-state index contributed by atoms with van der Waals surface area (Å²) >= 11 is 6.26. The van der Waals surface area contributed by atoms with Gasteiger partial charge in [-0.1, -0.05) is 35.0 Å². The topological polar surface area (TPSA) is 97.4 Å². The number of nitrogens with zero attached hydrogens (tertiary/aromatic N) is 3. The largest absolute Gasteiger partial charge is 0.360 e. The molecule has 1 aliphatic rings. The molecule has 1 fully saturated rings. The van der Waals surface area contributed by atoms with E-state index in [2.05, 4.69) is 10.5 Å². The van der Waals surface area contributed by atoms with Gasteiger partial charge in [-0.3, -0.25) is 14.4 Å². The van der Waals surface area contributed by atoms with Gasteiger partial charge in [-0.15, -0.1) is 0 Å². The number of carbonyl (C=O) groups is 2. The third-order valence-corrected chi connectivity index (χ3v) is 5.62. The van der Waals surface area contributed by atoms with Crippen LogP contribution in [0.5, 0.6) is 0 Å². The number of nitrogens with one attached hydrogen (secondary N) is 1. The number of hydrogen-bond donors (Lipinski definition) is 1. The van der Waals surface area contributed by atoms with Crippen LogP contribution in [0, 0.1) is 6.92 Å². The van der Waals surface area contributed by atoms with Crippen LogP contribution in [0.25, 0.3) is 11.3 Å². The van der Waals surface area contributed by atoms with E-state index < -0.39 is 11.5 Å². The van der Waals surface area contributed by atoms with Crippen LogP contribution in [-0.4, -0.2) is 39.5 Å². The molecule has 9 heteroatoms. The first-order valence-corrected chi connectivity index (χ1v) is 10.3. The van der Waals surface area contributed by atoms with Crippen LogP contribution >= 0.6 is 11.6 Å². The first kappa shape index (κ1) is 20.9. The van der Waals surface area contributed by atoms with Gasteiger partial charge in [-0.05, 0) is 31.9 Å². The molecule has 4 rings (SSSR count). The molecule has 3 aromatic rings. The van der Waals surface area contributed by atoms with Gasteiger partial charge in [0, 0.05) is 31.9 Å². The van der Waals surface area contributed by atoms with Gasteiger partial charge in [0.25, 0.3) is 17.4 Å². The molecule has 0 spiro atoms. The van der Waals surface area contributed by atoms with Crippen molar-refractivity contribution >= 4 is 29.1 Å². The molecule has 1 saturated heterocycles. The fourth-order valence-corrected chi connectivity index (χ4v) is 3.91. The lowest BCUT2D eigenvalue weighted by Gasteiger charge is -2.16. The number of aryl methyl sites for hydroxylation is 2. The molecule has 0 unspecified atom stereocenters. The molecule has 1 aliphatic heterocycles. The van der Waals surface area contributed by atoms with Gasteiger partial charge in [0.05, 0.1) is 10.6 Å². The summed E-state index contributed by atoms with van der Waals surface area (Å²) in [6, 6.07) is 8.37. The molecular formula is C22H21ClN4O4. The average Bonchev–Trinajstić information content (AvgIpc) is 3.41. The van der Waals surface area contributed by atoms with Gasteiger partial charge in [0.15, 0.2) is 0 Å². The zero-order valence-corrected chi connectivity index (χ0v) is 17.9. The minimum atomic E-state index is -0.573. The summed E-state index contributed by atoms with van der Waals surface area (Å²) in [5.41, 5.74) is 0.904. The van der Waals surface area contributed by atoms with Crippen molar-refractivity contribution in [1.29, 1.82) is 0 Å². The maximum absolute atomic E-state index is 13.1. The number of hydrogen-bond acceptors (Lipinski definition) is 5. The second-order valence-corrected chi connectivity index (χ2v) is 7.86. The number of pyridine rings is 1. The van der Waals surface area contributed by atoms with Gasteiger partial charge in [-0.2, -0.15) is 0 Å². The Labute approximate surface area is 183 Å². The highest BCUT2D eigenvalue weighted by molar-refractivity contribution is 6.33. The highest BCUT2D eigenvalue weighted by Crippen LogP contribution is 2.31. The molecule has 0 atom stereocenters. The van der Waals surface area contributed by atoms with Crippen LogP contribution in [-0.2, 0) is 7.05 Å². The first-order chi connectivity index (χ1) is 14.9. The summed E-state index contributed by atoms with van der Waals surface area (Å²) in [6.07, 6.45) is 3.40. The highest BCUT2D eigenvalue weighted by Gasteiger charge is 2.25. The van der Waals surface area contributed by atoms with E-state index in [4.69, 9.17) is 16.1 Å². The quantitative estimate of drug-likeness (QED) is 0.669. The van der Waals surface area contributed by atoms with Gasteiger partial charge in [-0.25, -0.2) is 0 Å². The lowest BCUT2D eigenvalue weighted by atomic mass is 10.1. The van der Waals surface area contributed by atoms with Gasteiger partial charge >= 0.3 is 0 Å². The summed E-state index contributed by atoms with van der Waals surface area (Å²) in [5, 5.41) is 7.02. The van der Waals surface area contributed by atoms with E-state index in [1.165, 1.54) is 16.8 Å². The summed E-state index contributed by atoms with van der Waals surface area (Å²) < 4.78 is 6.52. The van der Waals surface area contributed by atoms with Gasteiger partial charge < -0.3 is 19.3 Å². The summed E-state index contributed by atoms with van der Waals surface area (Å²) in [6.45, 7) is 2.97. The number of halogens is 1. The molecule has 2 aromatic heterocycles. The Bertz CT molecular complexity index is 1220. The third-order valence-electron chi connectivity index (χ3n) is 5.29. The van der Waals surface area contributed by atoms with Crippen molar-refractivity contribution in [2.24, 2.45) is 7.05 Å². The van der Waals surface area contributed by atoms with E-state index in [1.807, 2.05) is 0 Å². The number of rotatable bonds is 4. The van der Waals surface area contributed by atoms with E-state index in [1.54, 1.807) is 43.1 Å². The Balaban J connectivity index is 1.68. The number of anilines is 1. The molecule has 2 amide bonds. The molecule has 8 nitrogen and oxygen atoms in total. The van der Waals surface area contributed by atoms with E-state index in [0.717, 1.165) is 12.8 Å².